The van der Waals surface area contributed by atoms with Gasteiger partial charge in [-0.15, -0.1) is 10.2 Å². The molecule has 1 aromatic heterocycles. The molecule has 27 heavy (non-hydrogen) atoms. The number of thioether (sulfide) groups is 1. The number of benzene rings is 2. The first kappa shape index (κ1) is 19.2. The zero-order valence-electron chi connectivity index (χ0n) is 15.9. The lowest BCUT2D eigenvalue weighted by Crippen LogP contribution is -2.31. The fourth-order valence-electron chi connectivity index (χ4n) is 2.83. The lowest BCUT2D eigenvalue weighted by molar-refractivity contribution is -0.128. The van der Waals surface area contributed by atoms with Gasteiger partial charge in [-0.1, -0.05) is 59.8 Å². The molecular weight excluding hydrogens is 356 g/mol. The molecule has 0 spiro atoms. The molecule has 0 aliphatic heterocycles. The van der Waals surface area contributed by atoms with Crippen molar-refractivity contribution in [3.63, 3.8) is 0 Å². The lowest BCUT2D eigenvalue weighted by Gasteiger charge is -2.20. The highest BCUT2D eigenvalue weighted by Crippen LogP contribution is 2.22. The molecule has 5 nitrogen and oxygen atoms in total. The number of hydrogen-bond donors (Lipinski definition) is 0. The minimum atomic E-state index is 0.0995. The summed E-state index contributed by atoms with van der Waals surface area (Å²) in [6, 6.07) is 18.3. The molecule has 140 valence electrons. The van der Waals surface area contributed by atoms with Gasteiger partial charge in [0.2, 0.25) is 5.91 Å². The summed E-state index contributed by atoms with van der Waals surface area (Å²) in [7, 11) is 0. The summed E-state index contributed by atoms with van der Waals surface area (Å²) >= 11 is 1.43. The van der Waals surface area contributed by atoms with Gasteiger partial charge in [-0.25, -0.2) is 0 Å². The van der Waals surface area contributed by atoms with Gasteiger partial charge in [0.15, 0.2) is 5.16 Å². The van der Waals surface area contributed by atoms with Crippen LogP contribution >= 0.6 is 11.8 Å². The van der Waals surface area contributed by atoms with Crippen LogP contribution in [-0.2, 0) is 11.3 Å². The summed E-state index contributed by atoms with van der Waals surface area (Å²) in [5, 5.41) is 9.19. The summed E-state index contributed by atoms with van der Waals surface area (Å²) in [6.07, 6.45) is 0. The number of amides is 1. The van der Waals surface area contributed by atoms with Gasteiger partial charge in [-0.05, 0) is 38.5 Å². The largest absolute Gasteiger partial charge is 0.338 e. The Morgan fingerprint density at radius 3 is 2.41 bits per heavy atom. The minimum Gasteiger partial charge on any atom is -0.338 e. The maximum atomic E-state index is 12.7. The van der Waals surface area contributed by atoms with Gasteiger partial charge in [0.1, 0.15) is 5.82 Å². The quantitative estimate of drug-likeness (QED) is 0.581. The van der Waals surface area contributed by atoms with Crippen molar-refractivity contribution in [2.45, 2.75) is 32.5 Å². The van der Waals surface area contributed by atoms with Crippen LogP contribution in [0.25, 0.3) is 5.69 Å². The fourth-order valence-corrected chi connectivity index (χ4v) is 3.73. The van der Waals surface area contributed by atoms with Crippen molar-refractivity contribution in [3.8, 4) is 5.69 Å². The molecule has 3 rings (SSSR count). The van der Waals surface area contributed by atoms with Crippen LogP contribution in [0.2, 0.25) is 0 Å². The molecule has 2 aromatic carbocycles. The third kappa shape index (κ3) is 4.77. The predicted molar refractivity (Wildman–Crippen MR) is 109 cm³/mol. The topological polar surface area (TPSA) is 51.0 Å². The molecule has 1 heterocycles. The minimum absolute atomic E-state index is 0.0995. The van der Waals surface area contributed by atoms with E-state index in [1.165, 1.54) is 17.3 Å². The molecule has 0 atom stereocenters. The Bertz CT molecular complexity index is 890. The molecule has 1 amide bonds. The van der Waals surface area contributed by atoms with Gasteiger partial charge in [0.25, 0.3) is 0 Å². The predicted octanol–water partition coefficient (Wildman–Crippen LogP) is 4.02. The smallest absolute Gasteiger partial charge is 0.233 e. The Hall–Kier alpha value is -2.60. The second-order valence-corrected chi connectivity index (χ2v) is 7.33. The molecule has 0 radical (unpaired) electrons. The number of nitrogens with zero attached hydrogens (tertiary/aromatic N) is 4. The van der Waals surface area contributed by atoms with E-state index in [4.69, 9.17) is 0 Å². The van der Waals surface area contributed by atoms with Gasteiger partial charge >= 0.3 is 0 Å². The van der Waals surface area contributed by atoms with Crippen LogP contribution in [0, 0.1) is 13.8 Å². The highest BCUT2D eigenvalue weighted by atomic mass is 32.2. The third-order valence-corrected chi connectivity index (χ3v) is 5.28. The molecule has 0 saturated carbocycles. The maximum Gasteiger partial charge on any atom is 0.233 e. The van der Waals surface area contributed by atoms with E-state index in [0.717, 1.165) is 22.2 Å². The van der Waals surface area contributed by atoms with Crippen LogP contribution in [0.1, 0.15) is 23.9 Å². The van der Waals surface area contributed by atoms with E-state index in [9.17, 15) is 4.79 Å². The van der Waals surface area contributed by atoms with Crippen molar-refractivity contribution in [1.82, 2.24) is 19.7 Å². The number of hydrogen-bond acceptors (Lipinski definition) is 4. The standard InChI is InChI=1S/C21H24N4OS/c1-4-24(14-18-8-6-5-7-9-18)20(26)15-27-21-23-22-17(3)25(21)19-12-10-16(2)11-13-19/h5-13H,4,14-15H2,1-3H3. The van der Waals surface area contributed by atoms with E-state index >= 15 is 0 Å². The first-order valence-corrected chi connectivity index (χ1v) is 10.0. The zero-order chi connectivity index (χ0) is 19.2. The highest BCUT2D eigenvalue weighted by molar-refractivity contribution is 7.99. The van der Waals surface area contributed by atoms with Crippen molar-refractivity contribution in [1.29, 1.82) is 0 Å². The maximum absolute atomic E-state index is 12.7. The molecule has 0 unspecified atom stereocenters. The van der Waals surface area contributed by atoms with Crippen molar-refractivity contribution in [3.05, 3.63) is 71.5 Å². The monoisotopic (exact) mass is 380 g/mol. The van der Waals surface area contributed by atoms with E-state index in [1.54, 1.807) is 0 Å². The van der Waals surface area contributed by atoms with Crippen LogP contribution in [0.5, 0.6) is 0 Å². The number of carbonyl (C=O) groups is 1. The Morgan fingerprint density at radius 2 is 1.74 bits per heavy atom. The van der Waals surface area contributed by atoms with E-state index in [2.05, 4.69) is 29.3 Å². The summed E-state index contributed by atoms with van der Waals surface area (Å²) in [4.78, 5) is 14.6. The first-order chi connectivity index (χ1) is 13.1. The third-order valence-electron chi connectivity index (χ3n) is 4.36. The highest BCUT2D eigenvalue weighted by Gasteiger charge is 2.16. The Kier molecular flexibility index (Phi) is 6.29. The number of rotatable bonds is 7. The van der Waals surface area contributed by atoms with E-state index in [0.29, 0.717) is 18.8 Å². The second kappa shape index (κ2) is 8.86. The van der Waals surface area contributed by atoms with Crippen LogP contribution in [0.3, 0.4) is 0 Å². The Balaban J connectivity index is 1.69. The lowest BCUT2D eigenvalue weighted by atomic mass is 10.2. The van der Waals surface area contributed by atoms with Crippen LogP contribution in [0.4, 0.5) is 0 Å². The molecule has 0 aliphatic rings. The van der Waals surface area contributed by atoms with Crippen LogP contribution in [-0.4, -0.2) is 37.9 Å². The molecule has 6 heteroatoms. The van der Waals surface area contributed by atoms with Crippen LogP contribution in [0.15, 0.2) is 59.8 Å². The van der Waals surface area contributed by atoms with Gasteiger partial charge < -0.3 is 4.90 Å². The Morgan fingerprint density at radius 1 is 1.04 bits per heavy atom. The normalized spacial score (nSPS) is 10.8. The first-order valence-electron chi connectivity index (χ1n) is 9.02. The molecule has 0 aliphatic carbocycles. The summed E-state index contributed by atoms with van der Waals surface area (Å²) in [5.41, 5.74) is 3.35. The summed E-state index contributed by atoms with van der Waals surface area (Å²) < 4.78 is 1.99. The molecule has 0 bridgehead atoms. The van der Waals surface area contributed by atoms with Crippen molar-refractivity contribution in [2.24, 2.45) is 0 Å². The molecule has 0 fully saturated rings. The van der Waals surface area contributed by atoms with Crippen molar-refractivity contribution in [2.75, 3.05) is 12.3 Å². The van der Waals surface area contributed by atoms with Crippen molar-refractivity contribution < 1.29 is 4.79 Å². The van der Waals surface area contributed by atoms with Crippen molar-refractivity contribution >= 4 is 17.7 Å². The van der Waals surface area contributed by atoms with E-state index < -0.39 is 0 Å². The Labute approximate surface area is 164 Å². The molecular formula is C21H24N4OS. The zero-order valence-corrected chi connectivity index (χ0v) is 16.7. The average molecular weight is 381 g/mol. The van der Waals surface area contributed by atoms with Gasteiger partial charge in [-0.2, -0.15) is 0 Å². The average Bonchev–Trinajstić information content (AvgIpc) is 3.06. The molecule has 0 saturated heterocycles. The summed E-state index contributed by atoms with van der Waals surface area (Å²) in [5.74, 6) is 1.25. The SMILES string of the molecule is CCN(Cc1ccccc1)C(=O)CSc1nnc(C)n1-c1ccc(C)cc1. The van der Waals surface area contributed by atoms with Gasteiger partial charge in [0.05, 0.1) is 5.75 Å². The van der Waals surface area contributed by atoms with E-state index in [1.807, 2.05) is 65.8 Å². The van der Waals surface area contributed by atoms with Gasteiger partial charge in [-0.3, -0.25) is 9.36 Å². The molecule has 3 aromatic rings. The molecule has 0 N–H and O–H groups in total. The second-order valence-electron chi connectivity index (χ2n) is 6.38. The van der Waals surface area contributed by atoms with Gasteiger partial charge in [0, 0.05) is 18.8 Å². The summed E-state index contributed by atoms with van der Waals surface area (Å²) in [6.45, 7) is 7.29. The number of aryl methyl sites for hydroxylation is 2. The van der Waals surface area contributed by atoms with E-state index in [-0.39, 0.29) is 5.91 Å². The fraction of sp³-hybridized carbons (Fsp3) is 0.286. The van der Waals surface area contributed by atoms with Crippen LogP contribution < -0.4 is 0 Å². The number of aromatic nitrogens is 3. The number of carbonyl (C=O) groups excluding carboxylic acids is 1.